The molecule has 0 saturated carbocycles. The summed E-state index contributed by atoms with van der Waals surface area (Å²) in [6.07, 6.45) is 1.46. The Bertz CT molecular complexity index is 665. The molecule has 1 aromatic carbocycles. The minimum atomic E-state index is -0.301. The quantitative estimate of drug-likeness (QED) is 0.854. The second-order valence-electron chi connectivity index (χ2n) is 5.65. The monoisotopic (exact) mass is 331 g/mol. The molecule has 0 bridgehead atoms. The molecule has 1 fully saturated rings. The molecule has 5 nitrogen and oxygen atoms in total. The van der Waals surface area contributed by atoms with Gasteiger partial charge in [0.25, 0.3) is 5.91 Å². The van der Waals surface area contributed by atoms with E-state index < -0.39 is 0 Å². The van der Waals surface area contributed by atoms with Crippen LogP contribution in [0.3, 0.4) is 0 Å². The fourth-order valence-corrected chi connectivity index (χ4v) is 3.20. The predicted octanol–water partition coefficient (Wildman–Crippen LogP) is 2.86. The van der Waals surface area contributed by atoms with Crippen molar-refractivity contribution in [1.29, 1.82) is 0 Å². The van der Waals surface area contributed by atoms with Gasteiger partial charge < -0.3 is 15.4 Å². The molecule has 2 aromatic rings. The highest BCUT2D eigenvalue weighted by Crippen LogP contribution is 2.16. The number of ether oxygens (including phenoxy) is 1. The third kappa shape index (κ3) is 4.60. The lowest BCUT2D eigenvalue weighted by atomic mass is 10.2. The van der Waals surface area contributed by atoms with Crippen LogP contribution < -0.4 is 10.6 Å². The molecule has 1 aromatic heterocycles. The largest absolute Gasteiger partial charge is 0.368 e. The minimum absolute atomic E-state index is 0.0504. The van der Waals surface area contributed by atoms with Crippen LogP contribution >= 0.6 is 11.3 Å². The lowest BCUT2D eigenvalue weighted by Crippen LogP contribution is -2.26. The number of nitrogens with one attached hydrogen (secondary N) is 2. The van der Waals surface area contributed by atoms with Gasteiger partial charge in [-0.1, -0.05) is 12.1 Å². The lowest BCUT2D eigenvalue weighted by Gasteiger charge is -2.11. The number of aryl methyl sites for hydroxylation is 1. The van der Waals surface area contributed by atoms with Gasteiger partial charge in [-0.25, -0.2) is 4.98 Å². The molecular formula is C17H21N3O2S. The number of amides is 1. The van der Waals surface area contributed by atoms with Crippen LogP contribution in [0.2, 0.25) is 0 Å². The summed E-state index contributed by atoms with van der Waals surface area (Å²) < 4.78 is 5.40. The second-order valence-corrected chi connectivity index (χ2v) is 6.71. The molecule has 0 spiro atoms. The average Bonchev–Trinajstić information content (AvgIpc) is 3.19. The zero-order valence-corrected chi connectivity index (χ0v) is 14.0. The third-order valence-electron chi connectivity index (χ3n) is 3.72. The van der Waals surface area contributed by atoms with E-state index in [0.717, 1.165) is 47.9 Å². The Kier molecular flexibility index (Phi) is 5.38. The van der Waals surface area contributed by atoms with Crippen LogP contribution in [0.15, 0.2) is 29.6 Å². The first-order valence-corrected chi connectivity index (χ1v) is 8.72. The molecule has 1 unspecified atom stereocenters. The summed E-state index contributed by atoms with van der Waals surface area (Å²) in [5, 5.41) is 9.46. The van der Waals surface area contributed by atoms with Gasteiger partial charge in [-0.2, -0.15) is 0 Å². The van der Waals surface area contributed by atoms with Gasteiger partial charge in [0.05, 0.1) is 10.7 Å². The molecule has 1 aliphatic heterocycles. The first-order chi connectivity index (χ1) is 11.2. The number of anilines is 1. The smallest absolute Gasteiger partial charge is 0.253 e. The Morgan fingerprint density at radius 1 is 1.43 bits per heavy atom. The highest BCUT2D eigenvalue weighted by Gasteiger charge is 2.23. The summed E-state index contributed by atoms with van der Waals surface area (Å²) in [6, 6.07) is 7.89. The van der Waals surface area contributed by atoms with Crippen molar-refractivity contribution in [3.8, 4) is 0 Å². The fourth-order valence-electron chi connectivity index (χ4n) is 2.59. The van der Waals surface area contributed by atoms with Crippen molar-refractivity contribution in [3.05, 3.63) is 45.9 Å². The molecular weight excluding hydrogens is 310 g/mol. The van der Waals surface area contributed by atoms with Gasteiger partial charge in [0, 0.05) is 30.8 Å². The summed E-state index contributed by atoms with van der Waals surface area (Å²) in [5.41, 5.74) is 3.01. The van der Waals surface area contributed by atoms with E-state index in [4.69, 9.17) is 4.74 Å². The lowest BCUT2D eigenvalue weighted by molar-refractivity contribution is -0.124. The highest BCUT2D eigenvalue weighted by atomic mass is 32.1. The number of thiazole rings is 1. The molecule has 1 aliphatic rings. The van der Waals surface area contributed by atoms with Crippen LogP contribution in [0.25, 0.3) is 0 Å². The number of carbonyl (C=O) groups excluding carboxylic acids is 1. The SMILES string of the molecule is Cc1nc(CNCc2cccc(NC(=O)C3CCCO3)c2)cs1. The van der Waals surface area contributed by atoms with Gasteiger partial charge in [0.15, 0.2) is 0 Å². The van der Waals surface area contributed by atoms with Crippen molar-refractivity contribution in [2.75, 3.05) is 11.9 Å². The predicted molar refractivity (Wildman–Crippen MR) is 91.4 cm³/mol. The van der Waals surface area contributed by atoms with Gasteiger partial charge >= 0.3 is 0 Å². The Morgan fingerprint density at radius 2 is 2.35 bits per heavy atom. The average molecular weight is 331 g/mol. The Labute approximate surface area is 140 Å². The van der Waals surface area contributed by atoms with Gasteiger partial charge in [-0.15, -0.1) is 11.3 Å². The topological polar surface area (TPSA) is 63.2 Å². The van der Waals surface area contributed by atoms with Crippen LogP contribution in [-0.2, 0) is 22.6 Å². The first-order valence-electron chi connectivity index (χ1n) is 7.84. The third-order valence-corrected chi connectivity index (χ3v) is 4.54. The van der Waals surface area contributed by atoms with Crippen molar-refractivity contribution in [1.82, 2.24) is 10.3 Å². The minimum Gasteiger partial charge on any atom is -0.368 e. The molecule has 1 atom stereocenters. The molecule has 6 heteroatoms. The number of aromatic nitrogens is 1. The summed E-state index contributed by atoms with van der Waals surface area (Å²) >= 11 is 1.66. The number of nitrogens with zero attached hydrogens (tertiary/aromatic N) is 1. The Balaban J connectivity index is 1.51. The van der Waals surface area contributed by atoms with Crippen molar-refractivity contribution in [2.24, 2.45) is 0 Å². The maximum atomic E-state index is 12.1. The summed E-state index contributed by atoms with van der Waals surface area (Å²) in [5.74, 6) is -0.0504. The van der Waals surface area contributed by atoms with Crippen molar-refractivity contribution < 1.29 is 9.53 Å². The summed E-state index contributed by atoms with van der Waals surface area (Å²) in [4.78, 5) is 16.5. The second kappa shape index (κ2) is 7.68. The molecule has 2 N–H and O–H groups in total. The summed E-state index contributed by atoms with van der Waals surface area (Å²) in [7, 11) is 0. The molecule has 122 valence electrons. The molecule has 1 saturated heterocycles. The summed E-state index contributed by atoms with van der Waals surface area (Å²) in [6.45, 7) is 4.17. The van der Waals surface area contributed by atoms with Crippen LogP contribution in [-0.4, -0.2) is 23.6 Å². The molecule has 0 radical (unpaired) electrons. The normalized spacial score (nSPS) is 17.3. The zero-order valence-electron chi connectivity index (χ0n) is 13.2. The number of hydrogen-bond donors (Lipinski definition) is 2. The highest BCUT2D eigenvalue weighted by molar-refractivity contribution is 7.09. The number of hydrogen-bond acceptors (Lipinski definition) is 5. The van der Waals surface area contributed by atoms with Gasteiger partial charge in [-0.3, -0.25) is 4.79 Å². The van der Waals surface area contributed by atoms with Crippen molar-refractivity contribution in [2.45, 2.75) is 39.0 Å². The van der Waals surface area contributed by atoms with Crippen LogP contribution in [0.4, 0.5) is 5.69 Å². The van der Waals surface area contributed by atoms with E-state index in [0.29, 0.717) is 6.61 Å². The zero-order chi connectivity index (χ0) is 16.1. The molecule has 23 heavy (non-hydrogen) atoms. The number of carbonyl (C=O) groups is 1. The molecule has 1 amide bonds. The van der Waals surface area contributed by atoms with Crippen LogP contribution in [0.5, 0.6) is 0 Å². The number of benzene rings is 1. The first kappa shape index (κ1) is 16.1. The molecule has 2 heterocycles. The Hall–Kier alpha value is -1.76. The van der Waals surface area contributed by atoms with Crippen molar-refractivity contribution >= 4 is 22.9 Å². The van der Waals surface area contributed by atoms with E-state index >= 15 is 0 Å². The van der Waals surface area contributed by atoms with E-state index in [1.807, 2.05) is 31.2 Å². The molecule has 0 aliphatic carbocycles. The van der Waals surface area contributed by atoms with E-state index in [2.05, 4.69) is 21.0 Å². The van der Waals surface area contributed by atoms with E-state index in [-0.39, 0.29) is 12.0 Å². The van der Waals surface area contributed by atoms with Gasteiger partial charge in [0.1, 0.15) is 6.10 Å². The fraction of sp³-hybridized carbons (Fsp3) is 0.412. The van der Waals surface area contributed by atoms with Crippen LogP contribution in [0.1, 0.15) is 29.1 Å². The van der Waals surface area contributed by atoms with Crippen molar-refractivity contribution in [3.63, 3.8) is 0 Å². The van der Waals surface area contributed by atoms with Crippen LogP contribution in [0, 0.1) is 6.92 Å². The van der Waals surface area contributed by atoms with E-state index in [1.54, 1.807) is 11.3 Å². The maximum Gasteiger partial charge on any atom is 0.253 e. The van der Waals surface area contributed by atoms with Gasteiger partial charge in [0.2, 0.25) is 0 Å². The standard InChI is InChI=1S/C17H21N3O2S/c1-12-19-15(11-23-12)10-18-9-13-4-2-5-14(8-13)20-17(21)16-6-3-7-22-16/h2,4-5,8,11,16,18H,3,6-7,9-10H2,1H3,(H,20,21). The Morgan fingerprint density at radius 3 is 3.09 bits per heavy atom. The molecule has 3 rings (SSSR count). The van der Waals surface area contributed by atoms with Gasteiger partial charge in [-0.05, 0) is 37.5 Å². The van der Waals surface area contributed by atoms with E-state index in [9.17, 15) is 4.79 Å². The maximum absolute atomic E-state index is 12.1. The van der Waals surface area contributed by atoms with E-state index in [1.165, 1.54) is 0 Å². The number of rotatable bonds is 6.